The van der Waals surface area contributed by atoms with Crippen molar-refractivity contribution < 1.29 is 9.59 Å². The lowest BCUT2D eigenvalue weighted by molar-refractivity contribution is -0.135. The predicted molar refractivity (Wildman–Crippen MR) is 46.0 cm³/mol. The lowest BCUT2D eigenvalue weighted by Gasteiger charge is -2.28. The monoisotopic (exact) mass is 181 g/mol. The second-order valence-corrected chi connectivity index (χ2v) is 3.24. The van der Waals surface area contributed by atoms with Gasteiger partial charge in [-0.05, 0) is 25.3 Å². The highest BCUT2D eigenvalue weighted by Gasteiger charge is 2.43. The van der Waals surface area contributed by atoms with E-state index in [0.29, 0.717) is 12.8 Å². The minimum Gasteiger partial charge on any atom is -0.299 e. The third-order valence-corrected chi connectivity index (χ3v) is 2.45. The summed E-state index contributed by atoms with van der Waals surface area (Å²) in [5.74, 6) is -0.570. The van der Waals surface area contributed by atoms with Crippen molar-refractivity contribution in [1.29, 1.82) is 0 Å². The fourth-order valence-corrected chi connectivity index (χ4v) is 1.64. The molecule has 0 radical (unpaired) electrons. The van der Waals surface area contributed by atoms with Crippen LogP contribution in [0.3, 0.4) is 0 Å². The molecule has 1 saturated carbocycles. The number of azide groups is 1. The molecule has 1 aliphatic rings. The number of rotatable bonds is 2. The highest BCUT2D eigenvalue weighted by molar-refractivity contribution is 6.11. The van der Waals surface area contributed by atoms with Crippen molar-refractivity contribution in [2.75, 3.05) is 0 Å². The molecule has 0 N–H and O–H groups in total. The van der Waals surface area contributed by atoms with Crippen molar-refractivity contribution in [1.82, 2.24) is 0 Å². The van der Waals surface area contributed by atoms with Crippen LogP contribution in [0.5, 0.6) is 0 Å². The first-order chi connectivity index (χ1) is 6.13. The maximum absolute atomic E-state index is 11.5. The quantitative estimate of drug-likeness (QED) is 0.281. The van der Waals surface area contributed by atoms with Gasteiger partial charge in [-0.1, -0.05) is 11.5 Å². The molecule has 0 aromatic rings. The van der Waals surface area contributed by atoms with Crippen LogP contribution in [-0.2, 0) is 9.59 Å². The zero-order valence-corrected chi connectivity index (χ0v) is 7.49. The normalized spacial score (nSPS) is 27.9. The van der Waals surface area contributed by atoms with Crippen LogP contribution in [0, 0.1) is 0 Å². The van der Waals surface area contributed by atoms with E-state index in [0.717, 1.165) is 12.8 Å². The topological polar surface area (TPSA) is 82.9 Å². The average molecular weight is 181 g/mol. The third-order valence-electron chi connectivity index (χ3n) is 2.45. The zero-order valence-electron chi connectivity index (χ0n) is 7.49. The van der Waals surface area contributed by atoms with Gasteiger partial charge in [0.2, 0.25) is 0 Å². The van der Waals surface area contributed by atoms with Crippen LogP contribution in [0.25, 0.3) is 10.4 Å². The van der Waals surface area contributed by atoms with Gasteiger partial charge in [0.15, 0.2) is 11.3 Å². The number of hydrogen-bond acceptors (Lipinski definition) is 3. The second kappa shape index (κ2) is 3.58. The molecule has 0 heterocycles. The molecule has 1 aliphatic carbocycles. The summed E-state index contributed by atoms with van der Waals surface area (Å²) >= 11 is 0. The molecule has 0 aromatic carbocycles. The molecular weight excluding hydrogens is 170 g/mol. The zero-order chi connectivity index (χ0) is 9.90. The first-order valence-corrected chi connectivity index (χ1v) is 4.24. The first-order valence-electron chi connectivity index (χ1n) is 4.24. The van der Waals surface area contributed by atoms with Crippen molar-refractivity contribution in [3.05, 3.63) is 10.4 Å². The number of nitrogens with zero attached hydrogens (tertiary/aromatic N) is 3. The van der Waals surface area contributed by atoms with Gasteiger partial charge in [-0.2, -0.15) is 0 Å². The Labute approximate surface area is 75.7 Å². The maximum Gasteiger partial charge on any atom is 0.165 e. The molecule has 1 unspecified atom stereocenters. The molecule has 0 aromatic heterocycles. The molecule has 1 rings (SSSR count). The van der Waals surface area contributed by atoms with Crippen LogP contribution in [0.15, 0.2) is 5.11 Å². The fourth-order valence-electron chi connectivity index (χ4n) is 1.64. The van der Waals surface area contributed by atoms with E-state index in [4.69, 9.17) is 5.53 Å². The standard InChI is InChI=1S/C8H11N3O2/c1-6(12)8(10-11-9)5-3-2-4-7(8)13/h2-5H2,1H3. The number of carbonyl (C=O) groups is 2. The van der Waals surface area contributed by atoms with E-state index in [9.17, 15) is 9.59 Å². The number of carbonyl (C=O) groups excluding carboxylic acids is 2. The molecule has 0 aliphatic heterocycles. The van der Waals surface area contributed by atoms with Crippen molar-refractivity contribution in [2.24, 2.45) is 5.11 Å². The average Bonchev–Trinajstić information content (AvgIpc) is 2.09. The van der Waals surface area contributed by atoms with Gasteiger partial charge >= 0.3 is 0 Å². The summed E-state index contributed by atoms with van der Waals surface area (Å²) in [7, 11) is 0. The van der Waals surface area contributed by atoms with E-state index in [1.807, 2.05) is 0 Å². The molecule has 0 spiro atoms. The summed E-state index contributed by atoms with van der Waals surface area (Å²) in [4.78, 5) is 25.3. The predicted octanol–water partition coefficient (Wildman–Crippen LogP) is 1.77. The van der Waals surface area contributed by atoms with E-state index in [-0.39, 0.29) is 11.6 Å². The smallest absolute Gasteiger partial charge is 0.165 e. The molecule has 1 atom stereocenters. The Morgan fingerprint density at radius 3 is 2.77 bits per heavy atom. The minimum atomic E-state index is -1.38. The lowest BCUT2D eigenvalue weighted by atomic mass is 9.78. The van der Waals surface area contributed by atoms with E-state index in [1.165, 1.54) is 6.92 Å². The van der Waals surface area contributed by atoms with Crippen LogP contribution in [0.2, 0.25) is 0 Å². The number of ketones is 2. The fraction of sp³-hybridized carbons (Fsp3) is 0.750. The molecule has 13 heavy (non-hydrogen) atoms. The van der Waals surface area contributed by atoms with Gasteiger partial charge in [0.05, 0.1) is 0 Å². The van der Waals surface area contributed by atoms with Crippen molar-refractivity contribution in [2.45, 2.75) is 38.1 Å². The molecule has 0 amide bonds. The molecule has 0 bridgehead atoms. The van der Waals surface area contributed by atoms with Crippen molar-refractivity contribution in [3.8, 4) is 0 Å². The number of hydrogen-bond donors (Lipinski definition) is 0. The minimum absolute atomic E-state index is 0.232. The van der Waals surface area contributed by atoms with Crippen molar-refractivity contribution >= 4 is 11.6 Å². The molecule has 5 nitrogen and oxygen atoms in total. The van der Waals surface area contributed by atoms with Gasteiger partial charge in [-0.15, -0.1) is 0 Å². The molecule has 5 heteroatoms. The van der Waals surface area contributed by atoms with Crippen LogP contribution >= 0.6 is 0 Å². The van der Waals surface area contributed by atoms with E-state index in [2.05, 4.69) is 10.0 Å². The summed E-state index contributed by atoms with van der Waals surface area (Å²) in [6, 6.07) is 0. The first kappa shape index (κ1) is 9.74. The van der Waals surface area contributed by atoms with E-state index in [1.54, 1.807) is 0 Å². The highest BCUT2D eigenvalue weighted by Crippen LogP contribution is 2.29. The molecule has 1 fully saturated rings. The Morgan fingerprint density at radius 1 is 1.62 bits per heavy atom. The third kappa shape index (κ3) is 1.55. The number of Topliss-reactive ketones (excluding diaryl/α,β-unsaturated/α-hetero) is 2. The SMILES string of the molecule is CC(=O)C1(N=[N+]=[N-])CCCCC1=O. The van der Waals surface area contributed by atoms with Crippen LogP contribution in [0.4, 0.5) is 0 Å². The summed E-state index contributed by atoms with van der Waals surface area (Å²) in [6.45, 7) is 1.30. The summed E-state index contributed by atoms with van der Waals surface area (Å²) in [6.07, 6.45) is 2.27. The molecule has 0 saturated heterocycles. The Bertz CT molecular complexity index is 290. The van der Waals surface area contributed by atoms with Gasteiger partial charge in [-0.3, -0.25) is 9.59 Å². The molecule has 70 valence electrons. The Hall–Kier alpha value is -1.35. The second-order valence-electron chi connectivity index (χ2n) is 3.24. The molecular formula is C8H11N3O2. The highest BCUT2D eigenvalue weighted by atomic mass is 16.2. The van der Waals surface area contributed by atoms with Gasteiger partial charge in [0.25, 0.3) is 0 Å². The summed E-state index contributed by atoms with van der Waals surface area (Å²) < 4.78 is 0. The van der Waals surface area contributed by atoms with Crippen LogP contribution < -0.4 is 0 Å². The van der Waals surface area contributed by atoms with E-state index < -0.39 is 5.54 Å². The van der Waals surface area contributed by atoms with Crippen LogP contribution in [-0.4, -0.2) is 17.1 Å². The Kier molecular flexibility index (Phi) is 2.68. The van der Waals surface area contributed by atoms with Gasteiger partial charge in [-0.25, -0.2) is 0 Å². The Balaban J connectivity index is 3.06. The Morgan fingerprint density at radius 2 is 2.31 bits per heavy atom. The summed E-state index contributed by atoms with van der Waals surface area (Å²) in [5.41, 5.74) is 6.92. The van der Waals surface area contributed by atoms with Gasteiger partial charge in [0, 0.05) is 11.3 Å². The van der Waals surface area contributed by atoms with Crippen LogP contribution in [0.1, 0.15) is 32.6 Å². The maximum atomic E-state index is 11.5. The van der Waals surface area contributed by atoms with E-state index >= 15 is 0 Å². The van der Waals surface area contributed by atoms with Gasteiger partial charge in [0.1, 0.15) is 5.78 Å². The van der Waals surface area contributed by atoms with Gasteiger partial charge < -0.3 is 0 Å². The summed E-state index contributed by atoms with van der Waals surface area (Å²) in [5, 5.41) is 3.38. The van der Waals surface area contributed by atoms with Crippen molar-refractivity contribution in [3.63, 3.8) is 0 Å². The lowest BCUT2D eigenvalue weighted by Crippen LogP contribution is -2.45. The largest absolute Gasteiger partial charge is 0.299 e.